The maximum absolute atomic E-state index is 12.6. The second kappa shape index (κ2) is 30.6. The molecule has 1 aromatic carbocycles. The molecule has 1 aromatic rings. The van der Waals surface area contributed by atoms with Gasteiger partial charge in [0, 0.05) is 25.7 Å². The summed E-state index contributed by atoms with van der Waals surface area (Å²) in [4.78, 5) is 12.6. The van der Waals surface area contributed by atoms with E-state index in [4.69, 9.17) is 23.7 Å². The fraction of sp³-hybridized carbons (Fsp3) is 0.784. The fourth-order valence-electron chi connectivity index (χ4n) is 7.67. The molecule has 1 N–H and O–H groups in total. The first-order valence-electron chi connectivity index (χ1n) is 23.5. The Bertz CT molecular complexity index is 1320. The lowest BCUT2D eigenvalue weighted by atomic mass is 9.99. The highest BCUT2D eigenvalue weighted by Gasteiger charge is 2.46. The number of carbonyl (C=O) groups excluding carboxylic acids is 1. The molecule has 0 radical (unpaired) electrons. The standard InChI is InChI=1S/C29H44O4.C22H40O3/c1-5-7-8-9-10-11-12-13-14-15-16-20-23-26-27(33-29(3,4)32-26)25(6-2)31-28(30)24-21-18-17-19-22-24;1-5-7-8-9-10-11-12-13-14-15-16-17-18-20-21(19(23)6-2)25-22(3,4)24-20/h17-19,21-22,25-27H,5-10,13-16,20,23H2,1-4H3;19-21,23H,5-10,13-18H2,1-4H3/t25-,26+,27-;19-,20+,21-/m00/s1. The molecule has 0 aliphatic carbocycles. The van der Waals surface area contributed by atoms with Gasteiger partial charge in [0.05, 0.1) is 23.9 Å². The molecule has 2 heterocycles. The minimum atomic E-state index is -0.658. The number of unbranched alkanes of at least 4 members (excludes halogenated alkanes) is 16. The quantitative estimate of drug-likeness (QED) is 0.0567. The Morgan fingerprint density at radius 1 is 0.586 bits per heavy atom. The number of aliphatic hydroxyl groups excluding tert-OH is 1. The van der Waals surface area contributed by atoms with Crippen molar-refractivity contribution >= 4 is 5.97 Å². The Hall–Kier alpha value is -2.39. The van der Waals surface area contributed by atoms with Crippen molar-refractivity contribution in [1.82, 2.24) is 0 Å². The molecule has 6 atom stereocenters. The maximum Gasteiger partial charge on any atom is 0.338 e. The minimum absolute atomic E-state index is 0.0212. The summed E-state index contributed by atoms with van der Waals surface area (Å²) in [6, 6.07) is 9.14. The second-order valence-corrected chi connectivity index (χ2v) is 17.2. The zero-order valence-electron chi connectivity index (χ0n) is 38.2. The molecule has 2 aliphatic rings. The van der Waals surface area contributed by atoms with Crippen molar-refractivity contribution in [1.29, 1.82) is 0 Å². The van der Waals surface area contributed by atoms with E-state index >= 15 is 0 Å². The smallest absolute Gasteiger partial charge is 0.338 e. The van der Waals surface area contributed by atoms with Gasteiger partial charge in [0.2, 0.25) is 0 Å². The van der Waals surface area contributed by atoms with Crippen molar-refractivity contribution in [3.05, 3.63) is 35.9 Å². The Morgan fingerprint density at radius 2 is 1.00 bits per heavy atom. The molecule has 0 bridgehead atoms. The Labute approximate surface area is 355 Å². The molecule has 3 rings (SSSR count). The van der Waals surface area contributed by atoms with Crippen LogP contribution in [0.15, 0.2) is 30.3 Å². The van der Waals surface area contributed by atoms with Gasteiger partial charge in [-0.1, -0.05) is 123 Å². The van der Waals surface area contributed by atoms with Crippen molar-refractivity contribution in [2.45, 2.75) is 258 Å². The van der Waals surface area contributed by atoms with Crippen LogP contribution in [-0.2, 0) is 23.7 Å². The predicted octanol–water partition coefficient (Wildman–Crippen LogP) is 13.0. The first-order chi connectivity index (χ1) is 28.0. The lowest BCUT2D eigenvalue weighted by molar-refractivity contribution is -0.156. The van der Waals surface area contributed by atoms with Crippen molar-refractivity contribution in [2.75, 3.05) is 0 Å². The van der Waals surface area contributed by atoms with Gasteiger partial charge in [0.25, 0.3) is 0 Å². The van der Waals surface area contributed by atoms with Gasteiger partial charge in [-0.15, -0.1) is 23.7 Å². The highest BCUT2D eigenvalue weighted by atomic mass is 16.8. The number of benzene rings is 1. The molecular formula is C51H84O7. The molecule has 2 aliphatic heterocycles. The average molecular weight is 809 g/mol. The minimum Gasteiger partial charge on any atom is -0.456 e. The highest BCUT2D eigenvalue weighted by Crippen LogP contribution is 2.35. The van der Waals surface area contributed by atoms with Crippen LogP contribution in [0.5, 0.6) is 0 Å². The van der Waals surface area contributed by atoms with Gasteiger partial charge >= 0.3 is 5.97 Å². The van der Waals surface area contributed by atoms with Crippen LogP contribution in [0.2, 0.25) is 0 Å². The molecule has 58 heavy (non-hydrogen) atoms. The topological polar surface area (TPSA) is 83.5 Å². The summed E-state index contributed by atoms with van der Waals surface area (Å²) in [5.74, 6) is 11.7. The monoisotopic (exact) mass is 809 g/mol. The van der Waals surface area contributed by atoms with E-state index < -0.39 is 17.7 Å². The molecule has 2 fully saturated rings. The highest BCUT2D eigenvalue weighted by molar-refractivity contribution is 5.89. The molecule has 0 saturated carbocycles. The first kappa shape index (κ1) is 51.8. The van der Waals surface area contributed by atoms with E-state index in [0.29, 0.717) is 18.4 Å². The van der Waals surface area contributed by atoms with Crippen LogP contribution in [0.25, 0.3) is 0 Å². The molecule has 0 spiro atoms. The lowest BCUT2D eigenvalue weighted by Gasteiger charge is -2.26. The van der Waals surface area contributed by atoms with Gasteiger partial charge in [-0.05, 0) is 91.2 Å². The van der Waals surface area contributed by atoms with Gasteiger partial charge in [-0.2, -0.15) is 0 Å². The third-order valence-corrected chi connectivity index (χ3v) is 10.9. The summed E-state index contributed by atoms with van der Waals surface area (Å²) >= 11 is 0. The number of hydrogen-bond donors (Lipinski definition) is 1. The van der Waals surface area contributed by atoms with Crippen LogP contribution >= 0.6 is 0 Å². The average Bonchev–Trinajstić information content (AvgIpc) is 3.70. The molecule has 330 valence electrons. The van der Waals surface area contributed by atoms with Crippen molar-refractivity contribution in [2.24, 2.45) is 0 Å². The van der Waals surface area contributed by atoms with Gasteiger partial charge in [-0.25, -0.2) is 4.79 Å². The summed E-state index contributed by atoms with van der Waals surface area (Å²) in [6.45, 7) is 16.2. The summed E-state index contributed by atoms with van der Waals surface area (Å²) in [5, 5.41) is 10.1. The van der Waals surface area contributed by atoms with Gasteiger partial charge in [0.1, 0.15) is 18.3 Å². The van der Waals surface area contributed by atoms with Crippen LogP contribution in [0, 0.1) is 23.7 Å². The zero-order chi connectivity index (χ0) is 42.5. The number of ether oxygens (including phenoxy) is 5. The summed E-state index contributed by atoms with van der Waals surface area (Å²) in [6.07, 6.45) is 25.9. The maximum atomic E-state index is 12.6. The molecule has 0 unspecified atom stereocenters. The van der Waals surface area contributed by atoms with E-state index in [1.165, 1.54) is 77.0 Å². The van der Waals surface area contributed by atoms with Crippen LogP contribution in [0.3, 0.4) is 0 Å². The van der Waals surface area contributed by atoms with E-state index in [1.54, 1.807) is 12.1 Å². The first-order valence-corrected chi connectivity index (χ1v) is 23.5. The zero-order valence-corrected chi connectivity index (χ0v) is 38.2. The van der Waals surface area contributed by atoms with Crippen molar-refractivity contribution in [3.8, 4) is 23.7 Å². The second-order valence-electron chi connectivity index (χ2n) is 17.2. The van der Waals surface area contributed by atoms with Gasteiger partial charge in [0.15, 0.2) is 11.6 Å². The molecule has 0 aromatic heterocycles. The number of carbonyl (C=O) groups is 1. The number of hydrogen-bond acceptors (Lipinski definition) is 7. The SMILES string of the molecule is CCCCCCC#CCCCCCC[C@H]1OC(C)(C)O[C@H]1[C@@H](O)CC.CCCCCCC#CCCCCCC[C@H]1OC(C)(C)O[C@H]1[C@H](CC)OC(=O)c1ccccc1. The fourth-order valence-corrected chi connectivity index (χ4v) is 7.67. The van der Waals surface area contributed by atoms with E-state index in [-0.39, 0.29) is 36.5 Å². The third-order valence-electron chi connectivity index (χ3n) is 10.9. The predicted molar refractivity (Wildman–Crippen MR) is 238 cm³/mol. The summed E-state index contributed by atoms with van der Waals surface area (Å²) < 4.78 is 30.1. The van der Waals surface area contributed by atoms with Crippen molar-refractivity contribution < 1.29 is 33.6 Å². The number of esters is 1. The summed E-state index contributed by atoms with van der Waals surface area (Å²) in [7, 11) is 0. The van der Waals surface area contributed by atoms with Crippen LogP contribution in [0.4, 0.5) is 0 Å². The van der Waals surface area contributed by atoms with E-state index in [0.717, 1.165) is 64.2 Å². The molecule has 2 saturated heterocycles. The Balaban J connectivity index is 0.000000416. The van der Waals surface area contributed by atoms with Crippen LogP contribution in [0.1, 0.15) is 220 Å². The van der Waals surface area contributed by atoms with Gasteiger partial charge in [-0.3, -0.25) is 0 Å². The normalized spacial score (nSPS) is 21.5. The Kier molecular flexibility index (Phi) is 27.3. The van der Waals surface area contributed by atoms with Gasteiger partial charge < -0.3 is 28.8 Å². The molecule has 0 amide bonds. The molecule has 7 nitrogen and oxygen atoms in total. The third kappa shape index (κ3) is 22.3. The Morgan fingerprint density at radius 3 is 1.43 bits per heavy atom. The van der Waals surface area contributed by atoms with E-state index in [9.17, 15) is 9.90 Å². The van der Waals surface area contributed by atoms with E-state index in [1.807, 2.05) is 59.7 Å². The summed E-state index contributed by atoms with van der Waals surface area (Å²) in [5.41, 5.74) is 0.565. The van der Waals surface area contributed by atoms with Crippen molar-refractivity contribution in [3.63, 3.8) is 0 Å². The number of rotatable bonds is 26. The molecule has 7 heteroatoms. The lowest BCUT2D eigenvalue weighted by Crippen LogP contribution is -2.38. The largest absolute Gasteiger partial charge is 0.456 e. The number of aliphatic hydroxyl groups is 1. The molecular weight excluding hydrogens is 725 g/mol. The van der Waals surface area contributed by atoms with E-state index in [2.05, 4.69) is 37.5 Å². The van der Waals surface area contributed by atoms with Crippen LogP contribution < -0.4 is 0 Å². The van der Waals surface area contributed by atoms with Crippen LogP contribution in [-0.4, -0.2) is 59.3 Å².